The molecule has 0 N–H and O–H groups in total. The molecule has 114 valence electrons. The molecule has 4 nitrogen and oxygen atoms in total. The molecule has 0 bridgehead atoms. The molecular formula is C15H17Cl2NO3. The Hall–Kier alpha value is -1.13. The molecule has 21 heavy (non-hydrogen) atoms. The number of ketones is 1. The third-order valence-electron chi connectivity index (χ3n) is 4.05. The van der Waals surface area contributed by atoms with Crippen LogP contribution in [-0.2, 0) is 4.79 Å². The summed E-state index contributed by atoms with van der Waals surface area (Å²) in [7, 11) is 0. The highest BCUT2D eigenvalue weighted by Gasteiger charge is 2.34. The standard InChI is InChI=1S/C15H17Cl2NO3/c16-10-6-7-11(14(17)8-10)13(9-18(20)21)12-4-2-1-3-5-15(12)19/h6-8,12-13H,1-5,9H2/t12-,13-/m0/s1. The van der Waals surface area contributed by atoms with Crippen LogP contribution in [0.1, 0.15) is 43.6 Å². The average Bonchev–Trinajstić information content (AvgIpc) is 2.61. The summed E-state index contributed by atoms with van der Waals surface area (Å²) < 4.78 is 0. The molecule has 1 aromatic rings. The van der Waals surface area contributed by atoms with Gasteiger partial charge in [-0.15, -0.1) is 0 Å². The van der Waals surface area contributed by atoms with Crippen molar-refractivity contribution in [2.45, 2.75) is 38.0 Å². The summed E-state index contributed by atoms with van der Waals surface area (Å²) in [5.74, 6) is -0.683. The lowest BCUT2D eigenvalue weighted by Gasteiger charge is -2.23. The summed E-state index contributed by atoms with van der Waals surface area (Å²) >= 11 is 12.1. The molecule has 0 amide bonds. The van der Waals surface area contributed by atoms with E-state index in [4.69, 9.17) is 23.2 Å². The van der Waals surface area contributed by atoms with Crippen molar-refractivity contribution < 1.29 is 9.72 Å². The van der Waals surface area contributed by atoms with E-state index in [2.05, 4.69) is 0 Å². The van der Waals surface area contributed by atoms with Gasteiger partial charge in [0.05, 0.1) is 5.92 Å². The Kier molecular flexibility index (Phi) is 5.59. The van der Waals surface area contributed by atoms with Crippen LogP contribution in [0.2, 0.25) is 10.0 Å². The number of carbonyl (C=O) groups excluding carboxylic acids is 1. The van der Waals surface area contributed by atoms with Gasteiger partial charge in [0, 0.05) is 27.3 Å². The van der Waals surface area contributed by atoms with Gasteiger partial charge >= 0.3 is 0 Å². The fourth-order valence-electron chi connectivity index (χ4n) is 3.02. The van der Waals surface area contributed by atoms with Crippen molar-refractivity contribution in [1.82, 2.24) is 0 Å². The van der Waals surface area contributed by atoms with E-state index in [9.17, 15) is 14.9 Å². The van der Waals surface area contributed by atoms with E-state index in [0.717, 1.165) is 19.3 Å². The molecule has 1 saturated carbocycles. The largest absolute Gasteiger partial charge is 0.299 e. The maximum absolute atomic E-state index is 12.3. The maximum atomic E-state index is 12.3. The number of nitro groups is 1. The molecule has 1 aliphatic rings. The molecule has 1 fully saturated rings. The molecule has 0 saturated heterocycles. The van der Waals surface area contributed by atoms with E-state index in [1.165, 1.54) is 0 Å². The first-order valence-electron chi connectivity index (χ1n) is 7.08. The van der Waals surface area contributed by atoms with Gasteiger partial charge in [-0.05, 0) is 30.5 Å². The minimum Gasteiger partial charge on any atom is -0.299 e. The van der Waals surface area contributed by atoms with Crippen LogP contribution in [0.15, 0.2) is 18.2 Å². The van der Waals surface area contributed by atoms with Crippen LogP contribution in [0.25, 0.3) is 0 Å². The smallest absolute Gasteiger partial charge is 0.211 e. The lowest BCUT2D eigenvalue weighted by Crippen LogP contribution is -2.27. The molecule has 0 aromatic heterocycles. The molecule has 1 aromatic carbocycles. The molecule has 0 radical (unpaired) electrons. The molecule has 6 heteroatoms. The second kappa shape index (κ2) is 7.23. The topological polar surface area (TPSA) is 60.2 Å². The quantitative estimate of drug-likeness (QED) is 0.464. The lowest BCUT2D eigenvalue weighted by molar-refractivity contribution is -0.484. The van der Waals surface area contributed by atoms with Gasteiger partial charge < -0.3 is 0 Å². The number of hydrogen-bond donors (Lipinski definition) is 0. The Balaban J connectivity index is 2.36. The van der Waals surface area contributed by atoms with Crippen LogP contribution in [-0.4, -0.2) is 17.3 Å². The van der Waals surface area contributed by atoms with Gasteiger partial charge in [0.25, 0.3) is 0 Å². The van der Waals surface area contributed by atoms with Gasteiger partial charge in [0.2, 0.25) is 6.54 Å². The monoisotopic (exact) mass is 329 g/mol. The van der Waals surface area contributed by atoms with Crippen molar-refractivity contribution in [3.8, 4) is 0 Å². The molecule has 0 spiro atoms. The molecule has 1 aliphatic carbocycles. The van der Waals surface area contributed by atoms with E-state index in [1.807, 2.05) is 0 Å². The van der Waals surface area contributed by atoms with Crippen LogP contribution in [0.4, 0.5) is 0 Å². The highest BCUT2D eigenvalue weighted by molar-refractivity contribution is 6.35. The van der Waals surface area contributed by atoms with Crippen molar-refractivity contribution in [3.63, 3.8) is 0 Å². The number of carbonyl (C=O) groups is 1. The lowest BCUT2D eigenvalue weighted by atomic mass is 9.80. The van der Waals surface area contributed by atoms with Gasteiger partial charge in [-0.2, -0.15) is 0 Å². The van der Waals surface area contributed by atoms with E-state index in [1.54, 1.807) is 18.2 Å². The molecular weight excluding hydrogens is 313 g/mol. The summed E-state index contributed by atoms with van der Waals surface area (Å²) in [6, 6.07) is 4.94. The summed E-state index contributed by atoms with van der Waals surface area (Å²) in [5, 5.41) is 11.9. The molecule has 0 heterocycles. The predicted molar refractivity (Wildman–Crippen MR) is 82.6 cm³/mol. The summed E-state index contributed by atoms with van der Waals surface area (Å²) in [5.41, 5.74) is 0.651. The van der Waals surface area contributed by atoms with Crippen LogP contribution in [0.5, 0.6) is 0 Å². The summed E-state index contributed by atoms with van der Waals surface area (Å²) in [4.78, 5) is 23.0. The maximum Gasteiger partial charge on any atom is 0.211 e. The molecule has 0 aliphatic heterocycles. The summed E-state index contributed by atoms with van der Waals surface area (Å²) in [6.45, 7) is -0.280. The van der Waals surface area contributed by atoms with Crippen LogP contribution >= 0.6 is 23.2 Å². The predicted octanol–water partition coefficient (Wildman–Crippen LogP) is 4.50. The number of Topliss-reactive ketones (excluding diaryl/α,β-unsaturated/α-hetero) is 1. The van der Waals surface area contributed by atoms with Gasteiger partial charge in [0.15, 0.2) is 0 Å². The molecule has 2 atom stereocenters. The van der Waals surface area contributed by atoms with Gasteiger partial charge in [-0.25, -0.2) is 0 Å². The molecule has 2 rings (SSSR count). The Morgan fingerprint density at radius 3 is 2.71 bits per heavy atom. The fourth-order valence-corrected chi connectivity index (χ4v) is 3.57. The number of benzene rings is 1. The zero-order valence-corrected chi connectivity index (χ0v) is 13.1. The Labute approximate surface area is 133 Å². The number of hydrogen-bond acceptors (Lipinski definition) is 3. The van der Waals surface area contributed by atoms with Crippen LogP contribution < -0.4 is 0 Å². The van der Waals surface area contributed by atoms with Crippen LogP contribution in [0, 0.1) is 16.0 Å². The van der Waals surface area contributed by atoms with Crippen molar-refractivity contribution in [3.05, 3.63) is 43.9 Å². The first-order chi connectivity index (χ1) is 9.99. The SMILES string of the molecule is O=C1CCCCC[C@H]1[C@@H](C[N+](=O)[O-])c1ccc(Cl)cc1Cl. The number of rotatable bonds is 4. The zero-order valence-electron chi connectivity index (χ0n) is 11.6. The van der Waals surface area contributed by atoms with E-state index in [0.29, 0.717) is 28.5 Å². The number of halogens is 2. The van der Waals surface area contributed by atoms with Crippen molar-refractivity contribution in [2.24, 2.45) is 5.92 Å². The third kappa shape index (κ3) is 4.17. The van der Waals surface area contributed by atoms with E-state index >= 15 is 0 Å². The summed E-state index contributed by atoms with van der Waals surface area (Å²) in [6.07, 6.45) is 3.99. The van der Waals surface area contributed by atoms with Crippen LogP contribution in [0.3, 0.4) is 0 Å². The Morgan fingerprint density at radius 2 is 2.05 bits per heavy atom. The second-order valence-corrected chi connectivity index (χ2v) is 6.30. The van der Waals surface area contributed by atoms with Gasteiger partial charge in [0.1, 0.15) is 5.78 Å². The second-order valence-electron chi connectivity index (χ2n) is 5.46. The first-order valence-corrected chi connectivity index (χ1v) is 7.84. The van der Waals surface area contributed by atoms with Crippen molar-refractivity contribution in [1.29, 1.82) is 0 Å². The van der Waals surface area contributed by atoms with Gasteiger partial charge in [-0.3, -0.25) is 14.9 Å². The van der Waals surface area contributed by atoms with Crippen molar-refractivity contribution >= 4 is 29.0 Å². The van der Waals surface area contributed by atoms with E-state index < -0.39 is 5.92 Å². The minimum atomic E-state index is -0.477. The normalized spacial score (nSPS) is 20.9. The van der Waals surface area contributed by atoms with E-state index in [-0.39, 0.29) is 23.2 Å². The highest BCUT2D eigenvalue weighted by atomic mass is 35.5. The fraction of sp³-hybridized carbons (Fsp3) is 0.533. The Morgan fingerprint density at radius 1 is 1.29 bits per heavy atom. The average molecular weight is 330 g/mol. The first kappa shape index (κ1) is 16.2. The van der Waals surface area contributed by atoms with Gasteiger partial charge in [-0.1, -0.05) is 42.1 Å². The molecule has 0 unspecified atom stereocenters. The minimum absolute atomic E-state index is 0.116. The Bertz CT molecular complexity index is 548. The highest BCUT2D eigenvalue weighted by Crippen LogP contribution is 2.37. The van der Waals surface area contributed by atoms with Crippen molar-refractivity contribution in [2.75, 3.05) is 6.54 Å². The number of nitrogens with zero attached hydrogens (tertiary/aromatic N) is 1. The third-order valence-corrected chi connectivity index (χ3v) is 4.61. The zero-order chi connectivity index (χ0) is 15.4.